The van der Waals surface area contributed by atoms with E-state index in [0.717, 1.165) is 25.1 Å². The molecule has 2 rings (SSSR count). The number of nitrogens with one attached hydrogen (secondary N) is 1. The zero-order valence-electron chi connectivity index (χ0n) is 11.9. The van der Waals surface area contributed by atoms with Crippen LogP contribution in [0.3, 0.4) is 0 Å². The first-order valence-electron chi connectivity index (χ1n) is 6.91. The lowest BCUT2D eigenvalue weighted by Crippen LogP contribution is -2.22. The molecule has 1 atom stereocenters. The Balaban J connectivity index is 2.24. The molecule has 0 aliphatic heterocycles. The van der Waals surface area contributed by atoms with E-state index < -0.39 is 0 Å². The van der Waals surface area contributed by atoms with Crippen LogP contribution in [0.4, 0.5) is 0 Å². The Morgan fingerprint density at radius 3 is 2.79 bits per heavy atom. The van der Waals surface area contributed by atoms with Gasteiger partial charge in [-0.3, -0.25) is 9.67 Å². The van der Waals surface area contributed by atoms with Crippen LogP contribution < -0.4 is 5.32 Å². The molecular formula is C15H22N4. The van der Waals surface area contributed by atoms with Gasteiger partial charge in [0.1, 0.15) is 0 Å². The van der Waals surface area contributed by atoms with Crippen molar-refractivity contribution in [2.24, 2.45) is 0 Å². The minimum Gasteiger partial charge on any atom is -0.311 e. The van der Waals surface area contributed by atoms with E-state index in [0.29, 0.717) is 0 Å². The summed E-state index contributed by atoms with van der Waals surface area (Å²) in [4.78, 5) is 4.18. The second kappa shape index (κ2) is 6.48. The van der Waals surface area contributed by atoms with Crippen molar-refractivity contribution in [2.75, 3.05) is 7.05 Å². The minimum atomic E-state index is 0.275. The second-order valence-electron chi connectivity index (χ2n) is 4.64. The summed E-state index contributed by atoms with van der Waals surface area (Å²) in [6.45, 7) is 5.18. The number of aryl methyl sites for hydroxylation is 2. The average molecular weight is 258 g/mol. The van der Waals surface area contributed by atoms with E-state index in [2.05, 4.69) is 46.1 Å². The van der Waals surface area contributed by atoms with Gasteiger partial charge in [0.2, 0.25) is 0 Å². The maximum atomic E-state index is 4.62. The zero-order valence-corrected chi connectivity index (χ0v) is 11.9. The molecule has 0 aliphatic carbocycles. The molecule has 0 amide bonds. The molecule has 0 aromatic carbocycles. The third-order valence-electron chi connectivity index (χ3n) is 3.39. The van der Waals surface area contributed by atoms with Crippen molar-refractivity contribution in [1.82, 2.24) is 20.1 Å². The summed E-state index contributed by atoms with van der Waals surface area (Å²) in [5, 5.41) is 8.01. The highest BCUT2D eigenvalue weighted by atomic mass is 15.3. The zero-order chi connectivity index (χ0) is 13.7. The van der Waals surface area contributed by atoms with E-state index in [4.69, 9.17) is 0 Å². The molecule has 0 spiro atoms. The lowest BCUT2D eigenvalue weighted by molar-refractivity contribution is 0.511. The highest BCUT2D eigenvalue weighted by Crippen LogP contribution is 2.19. The van der Waals surface area contributed by atoms with Gasteiger partial charge in [-0.15, -0.1) is 0 Å². The SMILES string of the molecule is CCc1cc(C(Cc2cccnc2)NC)n(CC)n1. The first kappa shape index (κ1) is 13.7. The molecule has 102 valence electrons. The number of hydrogen-bond acceptors (Lipinski definition) is 3. The molecule has 2 heterocycles. The minimum absolute atomic E-state index is 0.275. The van der Waals surface area contributed by atoms with Gasteiger partial charge in [0.25, 0.3) is 0 Å². The van der Waals surface area contributed by atoms with Gasteiger partial charge in [0, 0.05) is 18.9 Å². The van der Waals surface area contributed by atoms with Crippen LogP contribution in [-0.2, 0) is 19.4 Å². The van der Waals surface area contributed by atoms with Crippen LogP contribution in [-0.4, -0.2) is 21.8 Å². The van der Waals surface area contributed by atoms with Crippen LogP contribution in [0.1, 0.15) is 36.8 Å². The molecule has 0 radical (unpaired) electrons. The lowest BCUT2D eigenvalue weighted by atomic mass is 10.0. The third-order valence-corrected chi connectivity index (χ3v) is 3.39. The first-order chi connectivity index (χ1) is 9.28. The van der Waals surface area contributed by atoms with E-state index in [-0.39, 0.29) is 6.04 Å². The van der Waals surface area contributed by atoms with Gasteiger partial charge in [-0.1, -0.05) is 13.0 Å². The molecule has 2 aromatic heterocycles. The Bertz CT molecular complexity index is 504. The number of likely N-dealkylation sites (N-methyl/N-ethyl adjacent to an activating group) is 1. The smallest absolute Gasteiger partial charge is 0.0625 e. The molecule has 2 aromatic rings. The van der Waals surface area contributed by atoms with Gasteiger partial charge in [0.05, 0.1) is 17.4 Å². The van der Waals surface area contributed by atoms with Crippen molar-refractivity contribution in [1.29, 1.82) is 0 Å². The Labute approximate surface area is 114 Å². The van der Waals surface area contributed by atoms with Crippen LogP contribution in [0.2, 0.25) is 0 Å². The number of aromatic nitrogens is 3. The summed E-state index contributed by atoms with van der Waals surface area (Å²) in [7, 11) is 2.00. The molecule has 1 N–H and O–H groups in total. The van der Waals surface area contributed by atoms with E-state index in [1.807, 2.05) is 25.5 Å². The van der Waals surface area contributed by atoms with Gasteiger partial charge in [0.15, 0.2) is 0 Å². The largest absolute Gasteiger partial charge is 0.311 e. The van der Waals surface area contributed by atoms with Gasteiger partial charge in [-0.2, -0.15) is 5.10 Å². The van der Waals surface area contributed by atoms with Crippen molar-refractivity contribution in [3.05, 3.63) is 47.5 Å². The Morgan fingerprint density at radius 1 is 1.37 bits per heavy atom. The molecule has 4 heteroatoms. The fraction of sp³-hybridized carbons (Fsp3) is 0.467. The summed E-state index contributed by atoms with van der Waals surface area (Å²) in [6.07, 6.45) is 5.64. The molecule has 0 saturated heterocycles. The quantitative estimate of drug-likeness (QED) is 0.865. The van der Waals surface area contributed by atoms with Gasteiger partial charge < -0.3 is 5.32 Å². The van der Waals surface area contributed by atoms with Gasteiger partial charge >= 0.3 is 0 Å². The summed E-state index contributed by atoms with van der Waals surface area (Å²) in [5.41, 5.74) is 3.65. The highest BCUT2D eigenvalue weighted by Gasteiger charge is 2.16. The molecule has 0 fully saturated rings. The number of nitrogens with zero attached hydrogens (tertiary/aromatic N) is 3. The number of pyridine rings is 1. The van der Waals surface area contributed by atoms with Crippen molar-refractivity contribution in [2.45, 2.75) is 39.3 Å². The molecule has 1 unspecified atom stereocenters. The maximum absolute atomic E-state index is 4.62. The van der Waals surface area contributed by atoms with Crippen LogP contribution in [0.15, 0.2) is 30.6 Å². The summed E-state index contributed by atoms with van der Waals surface area (Å²) in [5.74, 6) is 0. The third kappa shape index (κ3) is 3.20. The predicted octanol–water partition coefficient (Wildman–Crippen LogP) is 2.36. The van der Waals surface area contributed by atoms with E-state index in [1.165, 1.54) is 11.3 Å². The average Bonchev–Trinajstić information content (AvgIpc) is 2.89. The van der Waals surface area contributed by atoms with Crippen LogP contribution in [0, 0.1) is 0 Å². The number of hydrogen-bond donors (Lipinski definition) is 1. The van der Waals surface area contributed by atoms with E-state index >= 15 is 0 Å². The molecule has 19 heavy (non-hydrogen) atoms. The highest BCUT2D eigenvalue weighted by molar-refractivity contribution is 5.19. The standard InChI is InChI=1S/C15H22N4/c1-4-13-10-15(19(5-2)18-13)14(16-3)9-12-7-6-8-17-11-12/h6-8,10-11,14,16H,4-5,9H2,1-3H3. The fourth-order valence-electron chi connectivity index (χ4n) is 2.30. The lowest BCUT2D eigenvalue weighted by Gasteiger charge is -2.17. The van der Waals surface area contributed by atoms with Crippen molar-refractivity contribution in [3.63, 3.8) is 0 Å². The van der Waals surface area contributed by atoms with Crippen molar-refractivity contribution in [3.8, 4) is 0 Å². The topological polar surface area (TPSA) is 42.7 Å². The van der Waals surface area contributed by atoms with E-state index in [9.17, 15) is 0 Å². The molecule has 4 nitrogen and oxygen atoms in total. The summed E-state index contributed by atoms with van der Waals surface area (Å²) in [6, 6.07) is 6.58. The molecule has 0 bridgehead atoms. The fourth-order valence-corrected chi connectivity index (χ4v) is 2.30. The maximum Gasteiger partial charge on any atom is 0.0625 e. The van der Waals surface area contributed by atoms with Crippen LogP contribution >= 0.6 is 0 Å². The monoisotopic (exact) mass is 258 g/mol. The second-order valence-corrected chi connectivity index (χ2v) is 4.64. The van der Waals surface area contributed by atoms with E-state index in [1.54, 1.807) is 0 Å². The van der Waals surface area contributed by atoms with Crippen LogP contribution in [0.25, 0.3) is 0 Å². The van der Waals surface area contributed by atoms with Crippen LogP contribution in [0.5, 0.6) is 0 Å². The predicted molar refractivity (Wildman–Crippen MR) is 77.0 cm³/mol. The molecule has 0 aliphatic rings. The first-order valence-corrected chi connectivity index (χ1v) is 6.91. The Hall–Kier alpha value is -1.68. The number of rotatable bonds is 6. The van der Waals surface area contributed by atoms with Crippen molar-refractivity contribution >= 4 is 0 Å². The summed E-state index contributed by atoms with van der Waals surface area (Å²) < 4.78 is 2.09. The van der Waals surface area contributed by atoms with Gasteiger partial charge in [-0.25, -0.2) is 0 Å². The molecule has 0 saturated carbocycles. The van der Waals surface area contributed by atoms with Gasteiger partial charge in [-0.05, 0) is 44.5 Å². The summed E-state index contributed by atoms with van der Waals surface area (Å²) >= 11 is 0. The molecular weight excluding hydrogens is 236 g/mol. The Kier molecular flexibility index (Phi) is 4.68. The normalized spacial score (nSPS) is 12.6. The Morgan fingerprint density at radius 2 is 2.21 bits per heavy atom. The van der Waals surface area contributed by atoms with Crippen molar-refractivity contribution < 1.29 is 0 Å².